The van der Waals surface area contributed by atoms with Crippen molar-refractivity contribution in [1.82, 2.24) is 0 Å². The van der Waals surface area contributed by atoms with Gasteiger partial charge in [-0.15, -0.1) is 0 Å². The smallest absolute Gasteiger partial charge is 0.267 e. The molecule has 0 amide bonds. The maximum atomic E-state index is 11.3. The Hall–Kier alpha value is -0.650. The van der Waals surface area contributed by atoms with Crippen LogP contribution in [0.25, 0.3) is 0 Å². The zero-order chi connectivity index (χ0) is 27.5. The van der Waals surface area contributed by atoms with Gasteiger partial charge in [-0.3, -0.25) is 4.55 Å². The molecule has 2 heterocycles. The van der Waals surface area contributed by atoms with Crippen LogP contribution in [0.4, 0.5) is 0 Å². The van der Waals surface area contributed by atoms with Crippen molar-refractivity contribution >= 4 is 10.1 Å². The van der Waals surface area contributed by atoms with Crippen LogP contribution in [0.5, 0.6) is 0 Å². The Morgan fingerprint density at radius 1 is 0.806 bits per heavy atom. The largest absolute Gasteiger partial charge is 0.394 e. The normalized spacial score (nSPS) is 41.4. The highest BCUT2D eigenvalue weighted by atomic mass is 32.2. The summed E-state index contributed by atoms with van der Waals surface area (Å²) < 4.78 is 53.2. The topological polar surface area (TPSA) is 294 Å². The molecule has 0 radical (unpaired) electrons. The summed E-state index contributed by atoms with van der Waals surface area (Å²) in [6.45, 7) is -0.753. The van der Waals surface area contributed by atoms with Crippen LogP contribution in [0.2, 0.25) is 0 Å². The van der Waals surface area contributed by atoms with E-state index in [-0.39, 0.29) is 0 Å². The van der Waals surface area contributed by atoms with Gasteiger partial charge in [-0.2, -0.15) is 8.42 Å². The molecule has 14 atom stereocenters. The van der Waals surface area contributed by atoms with Gasteiger partial charge in [-0.25, -0.2) is 0 Å². The van der Waals surface area contributed by atoms with Crippen LogP contribution in [0.1, 0.15) is 6.92 Å². The molecule has 2 rings (SSSR count). The third kappa shape index (κ3) is 7.47. The van der Waals surface area contributed by atoms with Crippen molar-refractivity contribution in [2.45, 2.75) is 92.8 Å². The van der Waals surface area contributed by atoms with E-state index in [0.29, 0.717) is 0 Å². The molecule has 2 aliphatic heterocycles. The molecule has 18 heteroatoms. The summed E-state index contributed by atoms with van der Waals surface area (Å²) in [6, 6.07) is 0. The fraction of sp³-hybridized carbons (Fsp3) is 1.00. The second-order valence-corrected chi connectivity index (χ2v) is 10.1. The number of rotatable bonds is 11. The van der Waals surface area contributed by atoms with Gasteiger partial charge in [0.1, 0.15) is 72.9 Å². The van der Waals surface area contributed by atoms with Gasteiger partial charge in [0, 0.05) is 0 Å². The van der Waals surface area contributed by atoms with Gasteiger partial charge in [0.2, 0.25) is 0 Å². The fourth-order valence-corrected chi connectivity index (χ4v) is 4.46. The lowest BCUT2D eigenvalue weighted by molar-refractivity contribution is -0.372. The lowest BCUT2D eigenvalue weighted by atomic mass is 9.97. The van der Waals surface area contributed by atoms with Crippen LogP contribution < -0.4 is 0 Å². The Labute approximate surface area is 205 Å². The van der Waals surface area contributed by atoms with Gasteiger partial charge in [-0.1, -0.05) is 0 Å². The summed E-state index contributed by atoms with van der Waals surface area (Å²) in [5, 5.41) is 99.6. The molecule has 17 nitrogen and oxygen atoms in total. The molecular formula is C18H34O17S. The van der Waals surface area contributed by atoms with E-state index in [1.165, 1.54) is 6.92 Å². The summed E-state index contributed by atoms with van der Waals surface area (Å²) in [5.41, 5.74) is 0. The standard InChI is InChI=1S/C18H34O17S/c1-5-9(23)12(26)14(28)17(32-5)35-16-13(27)11(25)8(4-36(29,30)31)33-18(16)34-15(7(22)3-20)10(24)6(21)2-19/h5-28H,2-4H2,1H3,(H,29,30,31)/t5-,6-,7+,8+,9+,10+,11-,12+,13-,14-,15+,16+,17-,18-/m0/s1. The molecule has 36 heavy (non-hydrogen) atoms. The van der Waals surface area contributed by atoms with Gasteiger partial charge in [-0.05, 0) is 6.92 Å². The number of hydrogen-bond donors (Lipinski definition) is 11. The van der Waals surface area contributed by atoms with E-state index in [2.05, 4.69) is 0 Å². The van der Waals surface area contributed by atoms with Crippen LogP contribution in [-0.4, -0.2) is 169 Å². The molecule has 0 aromatic heterocycles. The van der Waals surface area contributed by atoms with E-state index in [9.17, 15) is 54.4 Å². The van der Waals surface area contributed by atoms with Gasteiger partial charge < -0.3 is 70.0 Å². The average molecular weight is 555 g/mol. The van der Waals surface area contributed by atoms with E-state index in [1.807, 2.05) is 0 Å². The first-order valence-corrected chi connectivity index (χ1v) is 12.5. The molecule has 0 bridgehead atoms. The van der Waals surface area contributed by atoms with Crippen LogP contribution >= 0.6 is 0 Å². The minimum Gasteiger partial charge on any atom is -0.394 e. The summed E-state index contributed by atoms with van der Waals surface area (Å²) in [5.74, 6) is -1.25. The molecule has 2 fully saturated rings. The van der Waals surface area contributed by atoms with Gasteiger partial charge in [0.25, 0.3) is 10.1 Å². The fourth-order valence-electron chi connectivity index (χ4n) is 3.77. The van der Waals surface area contributed by atoms with Crippen molar-refractivity contribution in [1.29, 1.82) is 0 Å². The highest BCUT2D eigenvalue weighted by Gasteiger charge is 2.52. The average Bonchev–Trinajstić information content (AvgIpc) is 2.82. The first-order valence-electron chi connectivity index (χ1n) is 10.9. The lowest BCUT2D eigenvalue weighted by Crippen LogP contribution is -2.65. The lowest BCUT2D eigenvalue weighted by Gasteiger charge is -2.47. The minimum atomic E-state index is -4.79. The van der Waals surface area contributed by atoms with E-state index in [4.69, 9.17) is 28.6 Å². The van der Waals surface area contributed by atoms with Crippen molar-refractivity contribution in [2.24, 2.45) is 0 Å². The summed E-state index contributed by atoms with van der Waals surface area (Å²) in [6.07, 6.45) is -26.0. The predicted molar refractivity (Wildman–Crippen MR) is 111 cm³/mol. The molecule has 2 aliphatic rings. The maximum Gasteiger partial charge on any atom is 0.267 e. The van der Waals surface area contributed by atoms with Gasteiger partial charge in [0.15, 0.2) is 12.6 Å². The Morgan fingerprint density at radius 2 is 1.39 bits per heavy atom. The third-order valence-corrected chi connectivity index (χ3v) is 6.64. The first kappa shape index (κ1) is 31.6. The molecular weight excluding hydrogens is 520 g/mol. The van der Waals surface area contributed by atoms with Gasteiger partial charge in [0.05, 0.1) is 19.3 Å². The van der Waals surface area contributed by atoms with E-state index in [1.54, 1.807) is 0 Å². The van der Waals surface area contributed by atoms with Crippen molar-refractivity contribution in [3.63, 3.8) is 0 Å². The van der Waals surface area contributed by atoms with Crippen LogP contribution in [0.15, 0.2) is 0 Å². The Bertz CT molecular complexity index is 784. The highest BCUT2D eigenvalue weighted by molar-refractivity contribution is 7.85. The molecule has 214 valence electrons. The first-order chi connectivity index (χ1) is 16.6. The molecule has 11 N–H and O–H groups in total. The number of hydrogen-bond acceptors (Lipinski definition) is 16. The van der Waals surface area contributed by atoms with E-state index >= 15 is 0 Å². The van der Waals surface area contributed by atoms with E-state index in [0.717, 1.165) is 0 Å². The number of ether oxygens (including phenoxy) is 4. The number of aliphatic hydroxyl groups excluding tert-OH is 10. The van der Waals surface area contributed by atoms with E-state index < -0.39 is 115 Å². The predicted octanol–water partition coefficient (Wildman–Crippen LogP) is -7.01. The minimum absolute atomic E-state index is 1.02. The highest BCUT2D eigenvalue weighted by Crippen LogP contribution is 2.31. The molecule has 2 saturated heterocycles. The second-order valence-electron chi connectivity index (χ2n) is 8.65. The monoisotopic (exact) mass is 554 g/mol. The quantitative estimate of drug-likeness (QED) is 0.106. The van der Waals surface area contributed by atoms with Crippen LogP contribution in [0.3, 0.4) is 0 Å². The zero-order valence-electron chi connectivity index (χ0n) is 19.0. The SMILES string of the molecule is C[C@@H]1O[C@@H](O[C@H]2[C@H](O[C@@H]([C@H](O)[C@@H](O)CO)[C@H](O)CO)O[C@H](CS(=O)(=O)O)[C@H](O)[C@@H]2O)[C@@H](O)[C@H](O)[C@@H]1O. The van der Waals surface area contributed by atoms with Crippen molar-refractivity contribution in [3.05, 3.63) is 0 Å². The van der Waals surface area contributed by atoms with Gasteiger partial charge >= 0.3 is 0 Å². The zero-order valence-corrected chi connectivity index (χ0v) is 19.8. The van der Waals surface area contributed by atoms with Crippen LogP contribution in [-0.2, 0) is 29.1 Å². The molecule has 0 aliphatic carbocycles. The number of aliphatic hydroxyl groups is 10. The van der Waals surface area contributed by atoms with Crippen molar-refractivity contribution in [3.8, 4) is 0 Å². The Kier molecular flexibility index (Phi) is 11.3. The summed E-state index contributed by atoms with van der Waals surface area (Å²) >= 11 is 0. The third-order valence-electron chi connectivity index (χ3n) is 5.89. The second kappa shape index (κ2) is 12.9. The molecule has 0 spiro atoms. The maximum absolute atomic E-state index is 11.3. The molecule has 0 unspecified atom stereocenters. The summed E-state index contributed by atoms with van der Waals surface area (Å²) in [7, 11) is -4.79. The Morgan fingerprint density at radius 3 is 1.92 bits per heavy atom. The molecule has 0 aromatic carbocycles. The van der Waals surface area contributed by atoms with Crippen molar-refractivity contribution in [2.75, 3.05) is 19.0 Å². The molecule has 0 saturated carbocycles. The molecule has 0 aromatic rings. The van der Waals surface area contributed by atoms with Crippen molar-refractivity contribution < 1.29 is 83.0 Å². The Balaban J connectivity index is 2.39. The summed E-state index contributed by atoms with van der Waals surface area (Å²) in [4.78, 5) is 0. The van der Waals surface area contributed by atoms with Crippen LogP contribution in [0, 0.1) is 0 Å².